The number of benzene rings is 2. The third-order valence-corrected chi connectivity index (χ3v) is 5.21. The Kier molecular flexibility index (Phi) is 4.40. The maximum absolute atomic E-state index is 13.0. The van der Waals surface area contributed by atoms with E-state index in [1.54, 1.807) is 12.1 Å². The molecule has 0 unspecified atom stereocenters. The van der Waals surface area contributed by atoms with Crippen molar-refractivity contribution in [2.75, 3.05) is 4.90 Å². The number of aryl methyl sites for hydroxylation is 2. The monoisotopic (exact) mass is 402 g/mol. The van der Waals surface area contributed by atoms with Crippen LogP contribution in [0.5, 0.6) is 0 Å². The number of carbonyl (C=O) groups is 2. The van der Waals surface area contributed by atoms with Gasteiger partial charge in [-0.15, -0.1) is 0 Å². The Hall–Kier alpha value is -3.23. The maximum Gasteiger partial charge on any atom is 0.416 e. The van der Waals surface area contributed by atoms with Gasteiger partial charge < -0.3 is 0 Å². The first-order valence-corrected chi connectivity index (χ1v) is 8.95. The summed E-state index contributed by atoms with van der Waals surface area (Å²) in [5.74, 6) is -0.973. The fourth-order valence-corrected chi connectivity index (χ4v) is 3.51. The Morgan fingerprint density at radius 1 is 1.00 bits per heavy atom. The molecular formula is C20H17F3N4O2. The summed E-state index contributed by atoms with van der Waals surface area (Å²) in [5, 5.41) is 9.07. The quantitative estimate of drug-likeness (QED) is 0.734. The summed E-state index contributed by atoms with van der Waals surface area (Å²) in [6, 6.07) is 8.10. The first-order valence-electron chi connectivity index (χ1n) is 8.95. The number of hydrogen-bond donors (Lipinski definition) is 0. The summed E-state index contributed by atoms with van der Waals surface area (Å²) in [4.78, 5) is 26.8. The molecule has 1 fully saturated rings. The number of halogens is 3. The number of rotatable bonds is 3. The third kappa shape index (κ3) is 3.26. The molecule has 0 aromatic heterocycles. The zero-order valence-corrected chi connectivity index (χ0v) is 15.6. The van der Waals surface area contributed by atoms with Crippen molar-refractivity contribution >= 4 is 17.5 Å². The smallest absolute Gasteiger partial charge is 0.271 e. The van der Waals surface area contributed by atoms with Crippen LogP contribution in [0.15, 0.2) is 52.8 Å². The Morgan fingerprint density at radius 2 is 1.76 bits per heavy atom. The van der Waals surface area contributed by atoms with Gasteiger partial charge in [-0.1, -0.05) is 23.4 Å². The molecule has 0 aliphatic carbocycles. The third-order valence-electron chi connectivity index (χ3n) is 5.21. The van der Waals surface area contributed by atoms with Gasteiger partial charge in [0.15, 0.2) is 12.1 Å². The standard InChI is InChI=1S/C20H17F3N4O2/c1-11-6-7-15(8-12(11)2)27-18(28)16-17(19(27)29)26(25-24-16)10-13-4-3-5-14(9-13)20(21,22)23/h3-9,16-17H,10H2,1-2H3/t16-,17+/m0/s1. The van der Waals surface area contributed by atoms with Crippen molar-refractivity contribution in [2.24, 2.45) is 10.3 Å². The van der Waals surface area contributed by atoms with Crippen LogP contribution in [0, 0.1) is 13.8 Å². The van der Waals surface area contributed by atoms with E-state index in [1.807, 2.05) is 19.9 Å². The number of fused-ring (bicyclic) bond motifs is 1. The van der Waals surface area contributed by atoms with E-state index in [9.17, 15) is 22.8 Å². The van der Waals surface area contributed by atoms with E-state index in [0.717, 1.165) is 28.2 Å². The molecule has 2 aliphatic heterocycles. The molecule has 1 saturated heterocycles. The molecule has 0 radical (unpaired) electrons. The summed E-state index contributed by atoms with van der Waals surface area (Å²) >= 11 is 0. The second-order valence-electron chi connectivity index (χ2n) is 7.17. The highest BCUT2D eigenvalue weighted by Crippen LogP contribution is 2.34. The molecule has 150 valence electrons. The molecule has 0 saturated carbocycles. The normalized spacial score (nSPS) is 21.3. The topological polar surface area (TPSA) is 65.3 Å². The van der Waals surface area contributed by atoms with E-state index in [4.69, 9.17) is 0 Å². The molecule has 0 spiro atoms. The van der Waals surface area contributed by atoms with Crippen LogP contribution in [-0.4, -0.2) is 28.9 Å². The van der Waals surface area contributed by atoms with Gasteiger partial charge in [0, 0.05) is 0 Å². The zero-order chi connectivity index (χ0) is 20.9. The number of hydrogen-bond acceptors (Lipinski definition) is 5. The lowest BCUT2D eigenvalue weighted by molar-refractivity contribution is -0.137. The Bertz CT molecular complexity index is 1030. The van der Waals surface area contributed by atoms with Crippen molar-refractivity contribution < 1.29 is 22.8 Å². The van der Waals surface area contributed by atoms with E-state index in [2.05, 4.69) is 10.3 Å². The van der Waals surface area contributed by atoms with Crippen LogP contribution in [0.3, 0.4) is 0 Å². The van der Waals surface area contributed by atoms with Crippen molar-refractivity contribution in [1.82, 2.24) is 5.01 Å². The molecule has 0 bridgehead atoms. The molecule has 2 heterocycles. The Labute approximate surface area is 164 Å². The Morgan fingerprint density at radius 3 is 2.45 bits per heavy atom. The summed E-state index contributed by atoms with van der Waals surface area (Å²) in [6.45, 7) is 3.74. The minimum atomic E-state index is -4.47. The summed E-state index contributed by atoms with van der Waals surface area (Å²) in [5.41, 5.74) is 1.95. The number of nitrogens with zero attached hydrogens (tertiary/aromatic N) is 4. The number of anilines is 1. The number of alkyl halides is 3. The van der Waals surface area contributed by atoms with E-state index in [-0.39, 0.29) is 6.54 Å². The van der Waals surface area contributed by atoms with Gasteiger partial charge in [0.25, 0.3) is 11.8 Å². The van der Waals surface area contributed by atoms with E-state index in [1.165, 1.54) is 17.1 Å². The fourth-order valence-electron chi connectivity index (χ4n) is 3.51. The minimum Gasteiger partial charge on any atom is -0.271 e. The lowest BCUT2D eigenvalue weighted by Gasteiger charge is -2.21. The van der Waals surface area contributed by atoms with Gasteiger partial charge in [0.2, 0.25) is 0 Å². The van der Waals surface area contributed by atoms with Gasteiger partial charge in [-0.25, -0.2) is 4.90 Å². The lowest BCUT2D eigenvalue weighted by atomic mass is 10.1. The first kappa shape index (κ1) is 19.1. The van der Waals surface area contributed by atoms with Crippen LogP contribution in [-0.2, 0) is 22.3 Å². The summed E-state index contributed by atoms with van der Waals surface area (Å²) in [6.07, 6.45) is -4.47. The van der Waals surface area contributed by atoms with Gasteiger partial charge in [0.05, 0.1) is 17.8 Å². The van der Waals surface area contributed by atoms with Crippen LogP contribution in [0.25, 0.3) is 0 Å². The van der Waals surface area contributed by atoms with Crippen LogP contribution >= 0.6 is 0 Å². The van der Waals surface area contributed by atoms with Gasteiger partial charge in [-0.2, -0.15) is 18.3 Å². The molecular weight excluding hydrogens is 385 g/mol. The van der Waals surface area contributed by atoms with Crippen molar-refractivity contribution in [1.29, 1.82) is 0 Å². The predicted octanol–water partition coefficient (Wildman–Crippen LogP) is 3.82. The molecule has 9 heteroatoms. The highest BCUT2D eigenvalue weighted by Gasteiger charge is 2.54. The second-order valence-corrected chi connectivity index (χ2v) is 7.17. The molecule has 2 amide bonds. The van der Waals surface area contributed by atoms with Crippen LogP contribution < -0.4 is 4.90 Å². The van der Waals surface area contributed by atoms with Crippen molar-refractivity contribution in [3.63, 3.8) is 0 Å². The zero-order valence-electron chi connectivity index (χ0n) is 15.6. The fraction of sp³-hybridized carbons (Fsp3) is 0.300. The van der Waals surface area contributed by atoms with E-state index >= 15 is 0 Å². The van der Waals surface area contributed by atoms with Crippen molar-refractivity contribution in [3.05, 3.63) is 64.7 Å². The average Bonchev–Trinajstić information content (AvgIpc) is 3.17. The Balaban J connectivity index is 1.59. The maximum atomic E-state index is 13.0. The molecule has 6 nitrogen and oxygen atoms in total. The average molecular weight is 402 g/mol. The predicted molar refractivity (Wildman–Crippen MR) is 97.8 cm³/mol. The molecule has 2 aromatic rings. The largest absolute Gasteiger partial charge is 0.416 e. The van der Waals surface area contributed by atoms with Crippen LogP contribution in [0.4, 0.5) is 18.9 Å². The summed E-state index contributed by atoms with van der Waals surface area (Å²) in [7, 11) is 0. The first-order chi connectivity index (χ1) is 13.7. The molecule has 2 atom stereocenters. The minimum absolute atomic E-state index is 0.0611. The molecule has 2 aromatic carbocycles. The van der Waals surface area contributed by atoms with Gasteiger partial charge in [-0.05, 0) is 54.8 Å². The van der Waals surface area contributed by atoms with Gasteiger partial charge >= 0.3 is 6.18 Å². The lowest BCUT2D eigenvalue weighted by Crippen LogP contribution is -2.39. The van der Waals surface area contributed by atoms with Crippen molar-refractivity contribution in [3.8, 4) is 0 Å². The highest BCUT2D eigenvalue weighted by molar-refractivity contribution is 6.25. The molecule has 4 rings (SSSR count). The van der Waals surface area contributed by atoms with Crippen molar-refractivity contribution in [2.45, 2.75) is 38.7 Å². The SMILES string of the molecule is Cc1ccc(N2C(=O)[C@H]3N=NN(Cc4cccc(C(F)(F)F)c4)[C@H]3C2=O)cc1C. The highest BCUT2D eigenvalue weighted by atomic mass is 19.4. The van der Waals surface area contributed by atoms with Gasteiger partial charge in [-0.3, -0.25) is 14.6 Å². The number of carbonyl (C=O) groups excluding carboxylic acids is 2. The number of imide groups is 1. The van der Waals surface area contributed by atoms with Gasteiger partial charge in [0.1, 0.15) is 0 Å². The second kappa shape index (κ2) is 6.68. The molecule has 0 N–H and O–H groups in total. The van der Waals surface area contributed by atoms with Crippen LogP contribution in [0.1, 0.15) is 22.3 Å². The van der Waals surface area contributed by atoms with E-state index in [0.29, 0.717) is 11.3 Å². The summed E-state index contributed by atoms with van der Waals surface area (Å²) < 4.78 is 38.8. The molecule has 2 aliphatic rings. The number of amides is 2. The van der Waals surface area contributed by atoms with Crippen LogP contribution in [0.2, 0.25) is 0 Å². The molecule has 29 heavy (non-hydrogen) atoms. The van der Waals surface area contributed by atoms with E-state index < -0.39 is 35.6 Å².